The second-order valence-electron chi connectivity index (χ2n) is 8.03. The number of hydrogen-bond acceptors (Lipinski definition) is 6. The molecule has 0 bridgehead atoms. The topological polar surface area (TPSA) is 101 Å². The molecule has 35 heavy (non-hydrogen) atoms. The van der Waals surface area contributed by atoms with E-state index in [9.17, 15) is 30.8 Å². The van der Waals surface area contributed by atoms with E-state index in [4.69, 9.17) is 0 Å². The number of halogens is 4. The number of benzene rings is 1. The van der Waals surface area contributed by atoms with Gasteiger partial charge in [0.2, 0.25) is 15.9 Å². The molecule has 1 saturated carbocycles. The van der Waals surface area contributed by atoms with Crippen molar-refractivity contribution in [2.24, 2.45) is 0 Å². The van der Waals surface area contributed by atoms with Crippen molar-refractivity contribution in [1.29, 1.82) is 0 Å². The number of anilines is 2. The minimum absolute atomic E-state index is 0.0756. The largest absolute Gasteiger partial charge is 0.417 e. The molecule has 1 fully saturated rings. The fourth-order valence-electron chi connectivity index (χ4n) is 3.37. The Morgan fingerprint density at radius 1 is 1.20 bits per heavy atom. The van der Waals surface area contributed by atoms with Gasteiger partial charge in [-0.15, -0.1) is 11.3 Å². The van der Waals surface area contributed by atoms with Crippen LogP contribution in [0, 0.1) is 5.82 Å². The Labute approximate surface area is 202 Å². The number of carbonyl (C=O) groups excluding carboxylic acids is 1. The van der Waals surface area contributed by atoms with Gasteiger partial charge in [-0.1, -0.05) is 13.0 Å². The van der Waals surface area contributed by atoms with Crippen molar-refractivity contribution < 1.29 is 30.8 Å². The molecule has 0 aliphatic heterocycles. The van der Waals surface area contributed by atoms with Gasteiger partial charge in [-0.2, -0.15) is 13.2 Å². The molecule has 3 aromatic rings. The highest BCUT2D eigenvalue weighted by Gasteiger charge is 2.36. The summed E-state index contributed by atoms with van der Waals surface area (Å²) in [6.45, 7) is 1.73. The number of sulfonamides is 1. The molecule has 1 amide bonds. The summed E-state index contributed by atoms with van der Waals surface area (Å²) in [7, 11) is -3.49. The Bertz CT molecular complexity index is 1350. The van der Waals surface area contributed by atoms with E-state index in [0.29, 0.717) is 31.2 Å². The highest BCUT2D eigenvalue weighted by Crippen LogP contribution is 2.34. The Balaban J connectivity index is 1.48. The standard InChI is InChI=1S/C22H20F4N4O3S2/c1-2-16(19-11-34-21(29-19)30-35(32,33)15-4-5-15)20(31)28-18-6-3-12(8-17(18)23)13-7-14(10-27-9-13)22(24,25)26/h3,6-11,15-16H,2,4-5H2,1H3,(H,28,31)(H,29,30)/t16-/m0/s1. The average Bonchev–Trinajstić information content (AvgIpc) is 3.57. The van der Waals surface area contributed by atoms with Gasteiger partial charge in [0, 0.05) is 23.3 Å². The number of nitrogens with zero attached hydrogens (tertiary/aromatic N) is 2. The number of pyridine rings is 1. The van der Waals surface area contributed by atoms with Crippen molar-refractivity contribution in [2.75, 3.05) is 10.0 Å². The lowest BCUT2D eigenvalue weighted by Gasteiger charge is -2.14. The number of alkyl halides is 3. The van der Waals surface area contributed by atoms with Crippen LogP contribution in [0.25, 0.3) is 11.1 Å². The zero-order valence-electron chi connectivity index (χ0n) is 18.3. The maximum Gasteiger partial charge on any atom is 0.417 e. The maximum atomic E-state index is 14.7. The Hall–Kier alpha value is -3.06. The molecule has 1 aliphatic rings. The average molecular weight is 529 g/mol. The molecule has 13 heteroatoms. The van der Waals surface area contributed by atoms with Gasteiger partial charge in [-0.3, -0.25) is 14.5 Å². The quantitative estimate of drug-likeness (QED) is 0.382. The van der Waals surface area contributed by atoms with Crippen molar-refractivity contribution in [1.82, 2.24) is 9.97 Å². The van der Waals surface area contributed by atoms with Crippen LogP contribution in [0.3, 0.4) is 0 Å². The third-order valence-electron chi connectivity index (χ3n) is 5.42. The van der Waals surface area contributed by atoms with Gasteiger partial charge in [0.25, 0.3) is 0 Å². The summed E-state index contributed by atoms with van der Waals surface area (Å²) < 4.78 is 80.2. The van der Waals surface area contributed by atoms with Gasteiger partial charge < -0.3 is 5.32 Å². The molecule has 0 radical (unpaired) electrons. The lowest BCUT2D eigenvalue weighted by molar-refractivity contribution is -0.137. The van der Waals surface area contributed by atoms with Crippen molar-refractivity contribution in [3.05, 3.63) is 59.1 Å². The third kappa shape index (κ3) is 5.78. The van der Waals surface area contributed by atoms with Gasteiger partial charge in [-0.25, -0.2) is 17.8 Å². The lowest BCUT2D eigenvalue weighted by atomic mass is 10.0. The van der Waals surface area contributed by atoms with Gasteiger partial charge in [0.1, 0.15) is 5.82 Å². The fourth-order valence-corrected chi connectivity index (χ4v) is 5.73. The summed E-state index contributed by atoms with van der Waals surface area (Å²) in [5, 5.41) is 3.78. The Kier molecular flexibility index (Phi) is 6.82. The molecule has 4 rings (SSSR count). The number of aromatic nitrogens is 2. The van der Waals surface area contributed by atoms with Crippen LogP contribution in [-0.4, -0.2) is 29.5 Å². The molecule has 0 saturated heterocycles. The monoisotopic (exact) mass is 528 g/mol. The van der Waals surface area contributed by atoms with Crippen LogP contribution < -0.4 is 10.0 Å². The molecule has 1 aromatic carbocycles. The van der Waals surface area contributed by atoms with E-state index >= 15 is 0 Å². The number of carbonyl (C=O) groups is 1. The Morgan fingerprint density at radius 3 is 2.57 bits per heavy atom. The Morgan fingerprint density at radius 2 is 1.94 bits per heavy atom. The molecule has 2 aromatic heterocycles. The highest BCUT2D eigenvalue weighted by atomic mass is 32.2. The molecule has 1 aliphatic carbocycles. The van der Waals surface area contributed by atoms with Crippen molar-refractivity contribution in [2.45, 2.75) is 43.5 Å². The second-order valence-corrected chi connectivity index (χ2v) is 10.8. The summed E-state index contributed by atoms with van der Waals surface area (Å²) in [5.74, 6) is -2.15. The number of amides is 1. The van der Waals surface area contributed by atoms with Crippen LogP contribution >= 0.6 is 11.3 Å². The molecule has 0 spiro atoms. The van der Waals surface area contributed by atoms with E-state index in [0.717, 1.165) is 23.5 Å². The van der Waals surface area contributed by atoms with Crippen LogP contribution in [0.2, 0.25) is 0 Å². The van der Waals surface area contributed by atoms with E-state index in [1.807, 2.05) is 0 Å². The van der Waals surface area contributed by atoms with Crippen LogP contribution in [-0.2, 0) is 21.0 Å². The summed E-state index contributed by atoms with van der Waals surface area (Å²) in [6.07, 6.45) is -1.20. The smallest absolute Gasteiger partial charge is 0.323 e. The first kappa shape index (κ1) is 25.0. The van der Waals surface area contributed by atoms with E-state index in [1.54, 1.807) is 12.3 Å². The van der Waals surface area contributed by atoms with Crippen molar-refractivity contribution in [3.63, 3.8) is 0 Å². The number of hydrogen-bond donors (Lipinski definition) is 2. The zero-order chi connectivity index (χ0) is 25.4. The SMILES string of the molecule is CC[C@H](C(=O)Nc1ccc(-c2cncc(C(F)(F)F)c2)cc1F)c1csc(NS(=O)(=O)C2CC2)n1. The lowest BCUT2D eigenvalue weighted by Crippen LogP contribution is -2.22. The number of nitrogens with one attached hydrogen (secondary N) is 2. The minimum atomic E-state index is -4.59. The van der Waals surface area contributed by atoms with Gasteiger partial charge >= 0.3 is 6.18 Å². The molecule has 1 atom stereocenters. The van der Waals surface area contributed by atoms with Gasteiger partial charge in [-0.05, 0) is 43.0 Å². The summed E-state index contributed by atoms with van der Waals surface area (Å²) in [6, 6.07) is 4.52. The first-order valence-electron chi connectivity index (χ1n) is 10.6. The summed E-state index contributed by atoms with van der Waals surface area (Å²) in [4.78, 5) is 20.6. The predicted molar refractivity (Wildman–Crippen MR) is 124 cm³/mol. The predicted octanol–water partition coefficient (Wildman–Crippen LogP) is 5.40. The van der Waals surface area contributed by atoms with E-state index in [2.05, 4.69) is 20.0 Å². The van der Waals surface area contributed by atoms with Crippen molar-refractivity contribution in [3.8, 4) is 11.1 Å². The molecular weight excluding hydrogens is 508 g/mol. The maximum absolute atomic E-state index is 14.7. The first-order valence-corrected chi connectivity index (χ1v) is 13.0. The molecule has 2 heterocycles. The number of rotatable bonds is 8. The van der Waals surface area contributed by atoms with E-state index in [-0.39, 0.29) is 21.9 Å². The van der Waals surface area contributed by atoms with Crippen LogP contribution in [0.4, 0.5) is 28.4 Å². The van der Waals surface area contributed by atoms with Gasteiger partial charge in [0.15, 0.2) is 5.13 Å². The van der Waals surface area contributed by atoms with Crippen LogP contribution in [0.1, 0.15) is 43.4 Å². The van der Waals surface area contributed by atoms with Crippen molar-refractivity contribution >= 4 is 38.1 Å². The van der Waals surface area contributed by atoms with Gasteiger partial charge in [0.05, 0.1) is 28.1 Å². The molecule has 2 N–H and O–H groups in total. The first-order chi connectivity index (χ1) is 16.5. The summed E-state index contributed by atoms with van der Waals surface area (Å²) in [5.41, 5.74) is -0.525. The van der Waals surface area contributed by atoms with E-state index in [1.165, 1.54) is 18.3 Å². The normalized spacial score (nSPS) is 15.0. The van der Waals surface area contributed by atoms with Crippen LogP contribution in [0.5, 0.6) is 0 Å². The number of thiazole rings is 1. The van der Waals surface area contributed by atoms with E-state index < -0.39 is 44.7 Å². The molecule has 186 valence electrons. The summed E-state index contributed by atoms with van der Waals surface area (Å²) >= 11 is 1.05. The second kappa shape index (κ2) is 9.53. The zero-order valence-corrected chi connectivity index (χ0v) is 19.9. The third-order valence-corrected chi connectivity index (χ3v) is 8.15. The molecule has 0 unspecified atom stereocenters. The van der Waals surface area contributed by atoms with Crippen LogP contribution in [0.15, 0.2) is 42.0 Å². The fraction of sp³-hybridized carbons (Fsp3) is 0.318. The minimum Gasteiger partial charge on any atom is -0.323 e. The molecule has 7 nitrogen and oxygen atoms in total. The molecular formula is C22H20F4N4O3S2. The highest BCUT2D eigenvalue weighted by molar-refractivity contribution is 7.93.